The molecule has 0 N–H and O–H groups in total. The first-order valence-electron chi connectivity index (χ1n) is 4.59. The SMILES string of the molecule is COC(=O)C(C)(C)Sc1ccc(F)c(Cl)c1. The van der Waals surface area contributed by atoms with Crippen LogP contribution in [0, 0.1) is 5.82 Å². The van der Waals surface area contributed by atoms with Gasteiger partial charge in [0.05, 0.1) is 12.1 Å². The summed E-state index contributed by atoms with van der Waals surface area (Å²) in [6.45, 7) is 3.47. The lowest BCUT2D eigenvalue weighted by molar-refractivity contribution is -0.142. The average Bonchev–Trinajstić information content (AvgIpc) is 2.22. The number of esters is 1. The summed E-state index contributed by atoms with van der Waals surface area (Å²) in [4.78, 5) is 12.2. The van der Waals surface area contributed by atoms with Crippen molar-refractivity contribution in [2.75, 3.05) is 7.11 Å². The Hall–Kier alpha value is -0.740. The molecule has 0 amide bonds. The molecular formula is C11H12ClFO2S. The third-order valence-electron chi connectivity index (χ3n) is 1.94. The van der Waals surface area contributed by atoms with Crippen LogP contribution in [0.25, 0.3) is 0 Å². The second kappa shape index (κ2) is 5.06. The van der Waals surface area contributed by atoms with Gasteiger partial charge in [0.1, 0.15) is 10.6 Å². The van der Waals surface area contributed by atoms with E-state index in [0.717, 1.165) is 4.90 Å². The molecule has 1 aromatic carbocycles. The van der Waals surface area contributed by atoms with Crippen molar-refractivity contribution < 1.29 is 13.9 Å². The normalized spacial score (nSPS) is 11.3. The Morgan fingerprint density at radius 1 is 1.50 bits per heavy atom. The summed E-state index contributed by atoms with van der Waals surface area (Å²) in [7, 11) is 1.34. The standard InChI is InChI=1S/C11H12ClFO2S/c1-11(2,10(14)15-3)16-7-4-5-9(13)8(12)6-7/h4-6H,1-3H3. The average molecular weight is 263 g/mol. The summed E-state index contributed by atoms with van der Waals surface area (Å²) in [5, 5.41) is 0.0469. The highest BCUT2D eigenvalue weighted by atomic mass is 35.5. The van der Waals surface area contributed by atoms with Gasteiger partial charge in [-0.1, -0.05) is 11.6 Å². The summed E-state index contributed by atoms with van der Waals surface area (Å²) < 4.78 is 16.9. The molecule has 0 saturated heterocycles. The predicted octanol–water partition coefficient (Wildman–Crippen LogP) is 3.52. The summed E-state index contributed by atoms with van der Waals surface area (Å²) in [6.07, 6.45) is 0. The Kier molecular flexibility index (Phi) is 4.21. The molecule has 0 radical (unpaired) electrons. The van der Waals surface area contributed by atoms with Crippen LogP contribution in [-0.2, 0) is 9.53 Å². The topological polar surface area (TPSA) is 26.3 Å². The zero-order valence-corrected chi connectivity index (χ0v) is 10.8. The van der Waals surface area contributed by atoms with Gasteiger partial charge in [-0.05, 0) is 32.0 Å². The van der Waals surface area contributed by atoms with Crippen molar-refractivity contribution in [1.82, 2.24) is 0 Å². The minimum Gasteiger partial charge on any atom is -0.468 e. The van der Waals surface area contributed by atoms with Crippen LogP contribution in [0.2, 0.25) is 5.02 Å². The van der Waals surface area contributed by atoms with Crippen molar-refractivity contribution in [2.45, 2.75) is 23.5 Å². The van der Waals surface area contributed by atoms with Crippen LogP contribution >= 0.6 is 23.4 Å². The number of ether oxygens (including phenoxy) is 1. The van der Waals surface area contributed by atoms with E-state index in [9.17, 15) is 9.18 Å². The molecule has 0 saturated carbocycles. The lowest BCUT2D eigenvalue weighted by Crippen LogP contribution is -2.28. The number of thioether (sulfide) groups is 1. The smallest absolute Gasteiger partial charge is 0.321 e. The van der Waals surface area contributed by atoms with E-state index in [2.05, 4.69) is 4.74 Å². The first-order valence-corrected chi connectivity index (χ1v) is 5.79. The van der Waals surface area contributed by atoms with E-state index in [-0.39, 0.29) is 11.0 Å². The maximum Gasteiger partial charge on any atom is 0.321 e. The molecule has 16 heavy (non-hydrogen) atoms. The van der Waals surface area contributed by atoms with Crippen LogP contribution in [0.4, 0.5) is 4.39 Å². The molecule has 0 aliphatic rings. The first-order chi connectivity index (χ1) is 7.36. The molecule has 0 aliphatic heterocycles. The van der Waals surface area contributed by atoms with Gasteiger partial charge >= 0.3 is 5.97 Å². The number of carbonyl (C=O) groups excluding carboxylic acids is 1. The zero-order valence-electron chi connectivity index (χ0n) is 9.21. The van der Waals surface area contributed by atoms with Gasteiger partial charge < -0.3 is 4.74 Å². The molecule has 0 fully saturated rings. The van der Waals surface area contributed by atoms with E-state index < -0.39 is 10.6 Å². The van der Waals surface area contributed by atoms with Crippen molar-refractivity contribution in [2.24, 2.45) is 0 Å². The number of hydrogen-bond acceptors (Lipinski definition) is 3. The van der Waals surface area contributed by atoms with Crippen LogP contribution in [0.15, 0.2) is 23.1 Å². The molecule has 0 spiro atoms. The van der Waals surface area contributed by atoms with Crippen molar-refractivity contribution in [3.05, 3.63) is 29.0 Å². The van der Waals surface area contributed by atoms with Gasteiger partial charge in [-0.25, -0.2) is 4.39 Å². The molecule has 0 aliphatic carbocycles. The molecule has 2 nitrogen and oxygen atoms in total. The Morgan fingerprint density at radius 2 is 2.12 bits per heavy atom. The molecule has 0 heterocycles. The summed E-state index contributed by atoms with van der Waals surface area (Å²) in [6, 6.07) is 4.35. The lowest BCUT2D eigenvalue weighted by Gasteiger charge is -2.20. The fourth-order valence-electron chi connectivity index (χ4n) is 1.12. The second-order valence-corrected chi connectivity index (χ2v) is 5.78. The number of carbonyl (C=O) groups is 1. The van der Waals surface area contributed by atoms with Crippen LogP contribution < -0.4 is 0 Å². The summed E-state index contributed by atoms with van der Waals surface area (Å²) in [5.74, 6) is -0.806. The van der Waals surface area contributed by atoms with Gasteiger partial charge in [-0.2, -0.15) is 0 Å². The van der Waals surface area contributed by atoms with Gasteiger partial charge in [0, 0.05) is 4.90 Å². The molecule has 0 aromatic heterocycles. The fraction of sp³-hybridized carbons (Fsp3) is 0.364. The van der Waals surface area contributed by atoms with Crippen molar-refractivity contribution in [1.29, 1.82) is 0 Å². The van der Waals surface area contributed by atoms with Gasteiger partial charge in [-0.15, -0.1) is 11.8 Å². The van der Waals surface area contributed by atoms with E-state index in [0.29, 0.717) is 0 Å². The molecule has 0 unspecified atom stereocenters. The highest BCUT2D eigenvalue weighted by molar-refractivity contribution is 8.01. The number of methoxy groups -OCH3 is 1. The third-order valence-corrected chi connectivity index (χ3v) is 3.40. The number of halogens is 2. The summed E-state index contributed by atoms with van der Waals surface area (Å²) in [5.41, 5.74) is 0. The monoisotopic (exact) mass is 262 g/mol. The molecule has 1 aromatic rings. The maximum atomic E-state index is 12.9. The number of rotatable bonds is 3. The zero-order chi connectivity index (χ0) is 12.3. The van der Waals surface area contributed by atoms with Gasteiger partial charge in [-0.3, -0.25) is 4.79 Å². The number of benzene rings is 1. The molecule has 0 atom stereocenters. The quantitative estimate of drug-likeness (QED) is 0.616. The molecule has 0 bridgehead atoms. The van der Waals surface area contributed by atoms with Crippen LogP contribution in [-0.4, -0.2) is 17.8 Å². The first kappa shape index (κ1) is 13.3. The molecule has 1 rings (SSSR count). The van der Waals surface area contributed by atoms with E-state index in [1.807, 2.05) is 0 Å². The lowest BCUT2D eigenvalue weighted by atomic mass is 10.2. The maximum absolute atomic E-state index is 12.9. The van der Waals surface area contributed by atoms with Crippen molar-refractivity contribution in [3.63, 3.8) is 0 Å². The van der Waals surface area contributed by atoms with Crippen LogP contribution in [0.1, 0.15) is 13.8 Å². The number of hydrogen-bond donors (Lipinski definition) is 0. The third kappa shape index (κ3) is 3.12. The largest absolute Gasteiger partial charge is 0.468 e. The molecule has 88 valence electrons. The molecule has 5 heteroatoms. The van der Waals surface area contributed by atoms with E-state index >= 15 is 0 Å². The summed E-state index contributed by atoms with van der Waals surface area (Å²) >= 11 is 6.93. The van der Waals surface area contributed by atoms with E-state index in [1.54, 1.807) is 19.9 Å². The van der Waals surface area contributed by atoms with E-state index in [4.69, 9.17) is 11.6 Å². The van der Waals surface area contributed by atoms with E-state index in [1.165, 1.54) is 31.0 Å². The minimum atomic E-state index is -0.726. The Bertz CT molecular complexity index is 407. The fourth-order valence-corrected chi connectivity index (χ4v) is 2.44. The van der Waals surface area contributed by atoms with Crippen LogP contribution in [0.5, 0.6) is 0 Å². The van der Waals surface area contributed by atoms with Gasteiger partial charge in [0.15, 0.2) is 0 Å². The predicted molar refractivity (Wildman–Crippen MR) is 63.4 cm³/mol. The van der Waals surface area contributed by atoms with Crippen molar-refractivity contribution >= 4 is 29.3 Å². The van der Waals surface area contributed by atoms with Gasteiger partial charge in [0.25, 0.3) is 0 Å². The highest BCUT2D eigenvalue weighted by Gasteiger charge is 2.30. The second-order valence-electron chi connectivity index (χ2n) is 3.68. The Labute approximate surface area is 103 Å². The van der Waals surface area contributed by atoms with Crippen LogP contribution in [0.3, 0.4) is 0 Å². The Morgan fingerprint density at radius 3 is 2.62 bits per heavy atom. The minimum absolute atomic E-state index is 0.0469. The van der Waals surface area contributed by atoms with Gasteiger partial charge in [0.2, 0.25) is 0 Å². The molecular weight excluding hydrogens is 251 g/mol. The van der Waals surface area contributed by atoms with Crippen molar-refractivity contribution in [3.8, 4) is 0 Å². The Balaban J connectivity index is 2.88. The highest BCUT2D eigenvalue weighted by Crippen LogP contribution is 2.35.